The Bertz CT molecular complexity index is 410. The molecule has 2 heterocycles. The van der Waals surface area contributed by atoms with Crippen molar-refractivity contribution in [1.29, 1.82) is 0 Å². The molecule has 2 rings (SSSR count). The highest BCUT2D eigenvalue weighted by atomic mass is 35.5. The van der Waals surface area contributed by atoms with Crippen LogP contribution in [0.25, 0.3) is 0 Å². The van der Waals surface area contributed by atoms with Crippen molar-refractivity contribution in [1.82, 2.24) is 14.9 Å². The van der Waals surface area contributed by atoms with Crippen LogP contribution in [-0.4, -0.2) is 45.1 Å². The van der Waals surface area contributed by atoms with E-state index < -0.39 is 0 Å². The Hall–Kier alpha value is -1.20. The molecule has 1 aliphatic rings. The summed E-state index contributed by atoms with van der Waals surface area (Å²) in [5.41, 5.74) is 0.290. The zero-order valence-corrected chi connectivity index (χ0v) is 10.3. The highest BCUT2D eigenvalue weighted by Crippen LogP contribution is 2.18. The molecule has 6 heteroatoms. The summed E-state index contributed by atoms with van der Waals surface area (Å²) in [6, 6.07) is 0. The molecule has 5 nitrogen and oxygen atoms in total. The normalized spacial score (nSPS) is 24.8. The summed E-state index contributed by atoms with van der Waals surface area (Å²) in [7, 11) is 0. The Kier molecular flexibility index (Phi) is 3.59. The third-order valence-corrected chi connectivity index (χ3v) is 3.18. The number of halogens is 1. The lowest BCUT2D eigenvalue weighted by Gasteiger charge is -2.34. The van der Waals surface area contributed by atoms with Gasteiger partial charge in [0.2, 0.25) is 0 Å². The van der Waals surface area contributed by atoms with Crippen LogP contribution in [0.2, 0.25) is 5.15 Å². The van der Waals surface area contributed by atoms with Crippen LogP contribution in [-0.2, 0) is 0 Å². The van der Waals surface area contributed by atoms with Gasteiger partial charge in [0.25, 0.3) is 5.91 Å². The van der Waals surface area contributed by atoms with Gasteiger partial charge in [-0.2, -0.15) is 0 Å². The number of hydrogen-bond donors (Lipinski definition) is 1. The van der Waals surface area contributed by atoms with Crippen LogP contribution in [0, 0.1) is 5.92 Å². The number of carbonyl (C=O) groups is 1. The Balaban J connectivity index is 2.08. The van der Waals surface area contributed by atoms with Crippen molar-refractivity contribution < 1.29 is 9.90 Å². The minimum absolute atomic E-state index is 0.0907. The summed E-state index contributed by atoms with van der Waals surface area (Å²) in [5.74, 6) is -0.0686. The van der Waals surface area contributed by atoms with Gasteiger partial charge >= 0.3 is 0 Å². The van der Waals surface area contributed by atoms with Gasteiger partial charge in [0, 0.05) is 13.1 Å². The smallest absolute Gasteiger partial charge is 0.274 e. The second-order valence-corrected chi connectivity index (χ2v) is 4.70. The number of piperidine rings is 1. The van der Waals surface area contributed by atoms with Crippen LogP contribution in [0.4, 0.5) is 0 Å². The first-order chi connectivity index (χ1) is 8.08. The van der Waals surface area contributed by atoms with Crippen molar-refractivity contribution in [3.63, 3.8) is 0 Å². The van der Waals surface area contributed by atoms with Gasteiger partial charge in [0.05, 0.1) is 18.5 Å². The molecule has 0 saturated carbocycles. The highest BCUT2D eigenvalue weighted by molar-refractivity contribution is 6.29. The SMILES string of the molecule is CC1CN(C(=O)c2cnc(Cl)cn2)CCC1O. The minimum atomic E-state index is -0.324. The largest absolute Gasteiger partial charge is 0.393 e. The van der Waals surface area contributed by atoms with Gasteiger partial charge in [0.15, 0.2) is 0 Å². The van der Waals surface area contributed by atoms with Gasteiger partial charge in [-0.3, -0.25) is 4.79 Å². The molecule has 1 N–H and O–H groups in total. The Morgan fingerprint density at radius 2 is 2.29 bits per heavy atom. The van der Waals surface area contributed by atoms with Crippen LogP contribution < -0.4 is 0 Å². The fourth-order valence-corrected chi connectivity index (χ4v) is 2.00. The van der Waals surface area contributed by atoms with Gasteiger partial charge in [-0.05, 0) is 12.3 Å². The monoisotopic (exact) mass is 255 g/mol. The maximum atomic E-state index is 12.1. The molecular weight excluding hydrogens is 242 g/mol. The fourth-order valence-electron chi connectivity index (χ4n) is 1.90. The average Bonchev–Trinajstić information content (AvgIpc) is 2.33. The van der Waals surface area contributed by atoms with E-state index in [-0.39, 0.29) is 28.8 Å². The number of carbonyl (C=O) groups excluding carboxylic acids is 1. The predicted molar refractivity (Wildman–Crippen MR) is 62.7 cm³/mol. The quantitative estimate of drug-likeness (QED) is 0.812. The molecule has 1 fully saturated rings. The van der Waals surface area contributed by atoms with Gasteiger partial charge in [-0.1, -0.05) is 18.5 Å². The topological polar surface area (TPSA) is 66.3 Å². The summed E-state index contributed by atoms with van der Waals surface area (Å²) in [5, 5.41) is 9.87. The lowest BCUT2D eigenvalue weighted by atomic mass is 9.96. The molecule has 1 aromatic rings. The summed E-state index contributed by atoms with van der Waals surface area (Å²) in [4.78, 5) is 21.5. The maximum absolute atomic E-state index is 12.1. The Morgan fingerprint density at radius 1 is 1.53 bits per heavy atom. The van der Waals surface area contributed by atoms with E-state index in [9.17, 15) is 9.90 Å². The number of likely N-dealkylation sites (tertiary alicyclic amines) is 1. The van der Waals surface area contributed by atoms with Crippen LogP contribution in [0.1, 0.15) is 23.8 Å². The second-order valence-electron chi connectivity index (χ2n) is 4.31. The number of aliphatic hydroxyl groups is 1. The molecule has 1 amide bonds. The van der Waals surface area contributed by atoms with Crippen molar-refractivity contribution in [3.05, 3.63) is 23.2 Å². The van der Waals surface area contributed by atoms with Crippen LogP contribution in [0.15, 0.2) is 12.4 Å². The zero-order valence-electron chi connectivity index (χ0n) is 9.51. The van der Waals surface area contributed by atoms with Crippen LogP contribution >= 0.6 is 11.6 Å². The molecule has 0 aromatic carbocycles. The summed E-state index contributed by atoms with van der Waals surface area (Å²) >= 11 is 5.61. The van der Waals surface area contributed by atoms with E-state index >= 15 is 0 Å². The molecule has 0 aliphatic carbocycles. The Morgan fingerprint density at radius 3 is 2.88 bits per heavy atom. The molecule has 1 aliphatic heterocycles. The first-order valence-corrected chi connectivity index (χ1v) is 5.90. The highest BCUT2D eigenvalue weighted by Gasteiger charge is 2.28. The molecule has 0 radical (unpaired) electrons. The van der Waals surface area contributed by atoms with Crippen LogP contribution in [0.5, 0.6) is 0 Å². The summed E-state index contributed by atoms with van der Waals surface area (Å²) < 4.78 is 0. The third kappa shape index (κ3) is 2.73. The van der Waals surface area contributed by atoms with E-state index in [0.717, 1.165) is 0 Å². The molecule has 1 saturated heterocycles. The number of amides is 1. The first kappa shape index (κ1) is 12.3. The van der Waals surface area contributed by atoms with E-state index in [0.29, 0.717) is 19.5 Å². The van der Waals surface area contributed by atoms with Crippen molar-refractivity contribution in [2.75, 3.05) is 13.1 Å². The predicted octanol–water partition coefficient (Wildman–Crippen LogP) is 0.973. The van der Waals surface area contributed by atoms with E-state index in [1.807, 2.05) is 6.92 Å². The van der Waals surface area contributed by atoms with Gasteiger partial charge in [0.1, 0.15) is 10.8 Å². The summed E-state index contributed by atoms with van der Waals surface area (Å²) in [6.45, 7) is 3.02. The van der Waals surface area contributed by atoms with Crippen LogP contribution in [0.3, 0.4) is 0 Å². The standard InChI is InChI=1S/C11H14ClN3O2/c1-7-6-15(3-2-9(7)16)11(17)8-4-14-10(12)5-13-8/h4-5,7,9,16H,2-3,6H2,1H3. The lowest BCUT2D eigenvalue weighted by molar-refractivity contribution is 0.0294. The number of hydrogen-bond acceptors (Lipinski definition) is 4. The molecular formula is C11H14ClN3O2. The lowest BCUT2D eigenvalue weighted by Crippen LogP contribution is -2.45. The number of rotatable bonds is 1. The third-order valence-electron chi connectivity index (χ3n) is 2.99. The number of nitrogens with zero attached hydrogens (tertiary/aromatic N) is 3. The molecule has 92 valence electrons. The van der Waals surface area contributed by atoms with E-state index in [2.05, 4.69) is 9.97 Å². The van der Waals surface area contributed by atoms with E-state index in [4.69, 9.17) is 11.6 Å². The fraction of sp³-hybridized carbons (Fsp3) is 0.545. The van der Waals surface area contributed by atoms with Crippen molar-refractivity contribution in [2.24, 2.45) is 5.92 Å². The molecule has 2 unspecified atom stereocenters. The van der Waals surface area contributed by atoms with E-state index in [1.165, 1.54) is 12.4 Å². The molecule has 1 aromatic heterocycles. The summed E-state index contributed by atoms with van der Waals surface area (Å²) in [6.07, 6.45) is 3.01. The van der Waals surface area contributed by atoms with Gasteiger partial charge in [-0.15, -0.1) is 0 Å². The zero-order chi connectivity index (χ0) is 12.4. The second kappa shape index (κ2) is 4.98. The van der Waals surface area contributed by atoms with Crippen molar-refractivity contribution in [3.8, 4) is 0 Å². The first-order valence-electron chi connectivity index (χ1n) is 5.53. The van der Waals surface area contributed by atoms with E-state index in [1.54, 1.807) is 4.90 Å². The van der Waals surface area contributed by atoms with Crippen molar-refractivity contribution >= 4 is 17.5 Å². The van der Waals surface area contributed by atoms with Crippen molar-refractivity contribution in [2.45, 2.75) is 19.4 Å². The molecule has 17 heavy (non-hydrogen) atoms. The maximum Gasteiger partial charge on any atom is 0.274 e. The number of aromatic nitrogens is 2. The minimum Gasteiger partial charge on any atom is -0.393 e. The average molecular weight is 256 g/mol. The number of aliphatic hydroxyl groups excluding tert-OH is 1. The Labute approximate surface area is 104 Å². The molecule has 2 atom stereocenters. The van der Waals surface area contributed by atoms with Gasteiger partial charge in [-0.25, -0.2) is 9.97 Å². The molecule has 0 bridgehead atoms. The van der Waals surface area contributed by atoms with Gasteiger partial charge < -0.3 is 10.0 Å². The molecule has 0 spiro atoms.